The highest BCUT2D eigenvalue weighted by Crippen LogP contribution is 2.33. The van der Waals surface area contributed by atoms with Gasteiger partial charge in [-0.05, 0) is 31.2 Å². The second-order valence-corrected chi connectivity index (χ2v) is 7.27. The van der Waals surface area contributed by atoms with Gasteiger partial charge in [0.15, 0.2) is 0 Å². The predicted octanol–water partition coefficient (Wildman–Crippen LogP) is 4.17. The summed E-state index contributed by atoms with van der Waals surface area (Å²) in [6, 6.07) is 7.68. The molecule has 0 bridgehead atoms. The van der Waals surface area contributed by atoms with E-state index in [0.29, 0.717) is 5.82 Å². The Balaban J connectivity index is 2.44. The molecule has 0 saturated carbocycles. The zero-order valence-corrected chi connectivity index (χ0v) is 14.1. The van der Waals surface area contributed by atoms with Gasteiger partial charge in [-0.1, -0.05) is 44.1 Å². The molecule has 21 heavy (non-hydrogen) atoms. The fourth-order valence-electron chi connectivity index (χ4n) is 1.69. The van der Waals surface area contributed by atoms with E-state index in [0.717, 1.165) is 26.3 Å². The first-order valence-electron chi connectivity index (χ1n) is 6.60. The van der Waals surface area contributed by atoms with Crippen LogP contribution in [0.15, 0.2) is 34.2 Å². The Morgan fingerprint density at radius 3 is 2.29 bits per heavy atom. The summed E-state index contributed by atoms with van der Waals surface area (Å²) < 4.78 is 0. The molecule has 0 unspecified atom stereocenters. The Kier molecular flexibility index (Phi) is 4.76. The summed E-state index contributed by atoms with van der Waals surface area (Å²) in [7, 11) is 0. The van der Waals surface area contributed by atoms with Gasteiger partial charge in [-0.2, -0.15) is 0 Å². The van der Waals surface area contributed by atoms with E-state index in [1.807, 2.05) is 31.2 Å². The number of anilines is 1. The zero-order chi connectivity index (χ0) is 15.6. The van der Waals surface area contributed by atoms with Crippen molar-refractivity contribution in [1.82, 2.24) is 9.97 Å². The molecule has 0 amide bonds. The van der Waals surface area contributed by atoms with Crippen molar-refractivity contribution in [2.45, 2.75) is 43.0 Å². The van der Waals surface area contributed by atoms with Gasteiger partial charge >= 0.3 is 0 Å². The highest BCUT2D eigenvalue weighted by atomic mass is 35.5. The predicted molar refractivity (Wildman–Crippen MR) is 88.9 cm³/mol. The quantitative estimate of drug-likeness (QED) is 0.504. The molecule has 2 aromatic rings. The van der Waals surface area contributed by atoms with Crippen LogP contribution in [0.3, 0.4) is 0 Å². The normalized spacial score (nSPS) is 11.5. The molecule has 6 heteroatoms. The first-order chi connectivity index (χ1) is 9.81. The van der Waals surface area contributed by atoms with Crippen LogP contribution in [0.5, 0.6) is 0 Å². The third kappa shape index (κ3) is 3.87. The van der Waals surface area contributed by atoms with Gasteiger partial charge in [0.25, 0.3) is 0 Å². The summed E-state index contributed by atoms with van der Waals surface area (Å²) in [5.41, 5.74) is 3.45. The number of nitrogen functional groups attached to an aromatic ring is 1. The van der Waals surface area contributed by atoms with E-state index < -0.39 is 0 Å². The van der Waals surface area contributed by atoms with Crippen molar-refractivity contribution in [2.24, 2.45) is 5.84 Å². The van der Waals surface area contributed by atoms with E-state index in [4.69, 9.17) is 22.4 Å². The highest BCUT2D eigenvalue weighted by molar-refractivity contribution is 7.99. The second kappa shape index (κ2) is 6.22. The minimum atomic E-state index is -0.144. The van der Waals surface area contributed by atoms with Gasteiger partial charge in [0.2, 0.25) is 0 Å². The van der Waals surface area contributed by atoms with Crippen LogP contribution >= 0.6 is 23.4 Å². The Morgan fingerprint density at radius 1 is 1.14 bits per heavy atom. The molecule has 0 saturated heterocycles. The molecule has 0 atom stereocenters. The molecular formula is C15H19ClN4S. The molecule has 0 aliphatic rings. The molecule has 0 aliphatic heterocycles. The van der Waals surface area contributed by atoms with Gasteiger partial charge in [0.05, 0.1) is 0 Å². The molecule has 0 fully saturated rings. The third-order valence-electron chi connectivity index (χ3n) is 2.94. The summed E-state index contributed by atoms with van der Waals surface area (Å²) in [5.74, 6) is 7.00. The maximum Gasteiger partial charge on any atom is 0.147 e. The van der Waals surface area contributed by atoms with E-state index in [1.54, 1.807) is 11.8 Å². The molecule has 1 aromatic heterocycles. The van der Waals surface area contributed by atoms with Crippen LogP contribution in [-0.4, -0.2) is 9.97 Å². The van der Waals surface area contributed by atoms with E-state index in [9.17, 15) is 0 Å². The van der Waals surface area contributed by atoms with Crippen molar-refractivity contribution in [3.63, 3.8) is 0 Å². The molecule has 3 N–H and O–H groups in total. The lowest BCUT2D eigenvalue weighted by Crippen LogP contribution is -2.20. The van der Waals surface area contributed by atoms with Crippen LogP contribution in [0.4, 0.5) is 5.82 Å². The van der Waals surface area contributed by atoms with Crippen molar-refractivity contribution >= 4 is 29.2 Å². The van der Waals surface area contributed by atoms with Crippen LogP contribution < -0.4 is 11.3 Å². The highest BCUT2D eigenvalue weighted by Gasteiger charge is 2.21. The third-order valence-corrected chi connectivity index (χ3v) is 4.29. The van der Waals surface area contributed by atoms with Crippen LogP contribution in [0, 0.1) is 6.92 Å². The summed E-state index contributed by atoms with van der Waals surface area (Å²) in [6.07, 6.45) is 0. The zero-order valence-electron chi connectivity index (χ0n) is 12.6. The minimum absolute atomic E-state index is 0.144. The molecule has 112 valence electrons. The Hall–Kier alpha value is -1.30. The van der Waals surface area contributed by atoms with Gasteiger partial charge in [-0.3, -0.25) is 0 Å². The van der Waals surface area contributed by atoms with Gasteiger partial charge in [-0.15, -0.1) is 0 Å². The summed E-state index contributed by atoms with van der Waals surface area (Å²) in [6.45, 7) is 8.19. The SMILES string of the molecule is Cc1c(NN)nc(C(C)(C)C)nc1Sc1ccc(Cl)cc1. The van der Waals surface area contributed by atoms with Crippen molar-refractivity contribution < 1.29 is 0 Å². The molecule has 0 aliphatic carbocycles. The lowest BCUT2D eigenvalue weighted by molar-refractivity contribution is 0.538. The second-order valence-electron chi connectivity index (χ2n) is 5.78. The lowest BCUT2D eigenvalue weighted by atomic mass is 9.95. The maximum absolute atomic E-state index is 5.92. The molecular weight excluding hydrogens is 304 g/mol. The fraction of sp³-hybridized carbons (Fsp3) is 0.333. The topological polar surface area (TPSA) is 63.8 Å². The summed E-state index contributed by atoms with van der Waals surface area (Å²) in [4.78, 5) is 10.3. The monoisotopic (exact) mass is 322 g/mol. The molecule has 4 nitrogen and oxygen atoms in total. The average Bonchev–Trinajstić information content (AvgIpc) is 2.42. The number of halogens is 1. The number of hydrazine groups is 1. The molecule has 1 heterocycles. The lowest BCUT2D eigenvalue weighted by Gasteiger charge is -2.20. The number of nitrogens with two attached hydrogens (primary N) is 1. The number of rotatable bonds is 3. The average molecular weight is 323 g/mol. The largest absolute Gasteiger partial charge is 0.308 e. The molecule has 0 spiro atoms. The minimum Gasteiger partial charge on any atom is -0.308 e. The van der Waals surface area contributed by atoms with E-state index in [-0.39, 0.29) is 5.41 Å². The van der Waals surface area contributed by atoms with E-state index >= 15 is 0 Å². The van der Waals surface area contributed by atoms with Crippen LogP contribution in [0.2, 0.25) is 5.02 Å². The first kappa shape index (κ1) is 16.1. The Bertz CT molecular complexity index is 635. The Labute approximate surface area is 134 Å². The van der Waals surface area contributed by atoms with E-state index in [2.05, 4.69) is 31.2 Å². The number of aromatic nitrogens is 2. The van der Waals surface area contributed by atoms with Crippen molar-refractivity contribution in [3.8, 4) is 0 Å². The first-order valence-corrected chi connectivity index (χ1v) is 7.80. The number of benzene rings is 1. The number of hydrogen-bond acceptors (Lipinski definition) is 5. The maximum atomic E-state index is 5.92. The fourth-order valence-corrected chi connectivity index (χ4v) is 2.69. The van der Waals surface area contributed by atoms with Crippen molar-refractivity contribution in [1.29, 1.82) is 0 Å². The van der Waals surface area contributed by atoms with Gasteiger partial charge in [0.1, 0.15) is 16.7 Å². The summed E-state index contributed by atoms with van der Waals surface area (Å²) >= 11 is 7.49. The van der Waals surface area contributed by atoms with Crippen LogP contribution in [0.25, 0.3) is 0 Å². The Morgan fingerprint density at radius 2 is 1.76 bits per heavy atom. The standard InChI is InChI=1S/C15H19ClN4S/c1-9-12(20-17)18-14(15(2,3)4)19-13(9)21-11-7-5-10(16)6-8-11/h5-8H,17H2,1-4H3,(H,18,19,20). The van der Waals surface area contributed by atoms with Gasteiger partial charge < -0.3 is 5.43 Å². The molecule has 1 aromatic carbocycles. The van der Waals surface area contributed by atoms with Gasteiger partial charge in [-0.25, -0.2) is 15.8 Å². The van der Waals surface area contributed by atoms with Crippen LogP contribution in [-0.2, 0) is 5.41 Å². The van der Waals surface area contributed by atoms with Gasteiger partial charge in [0, 0.05) is 20.9 Å². The van der Waals surface area contributed by atoms with Crippen molar-refractivity contribution in [2.75, 3.05) is 5.43 Å². The molecule has 0 radical (unpaired) electrons. The summed E-state index contributed by atoms with van der Waals surface area (Å²) in [5, 5.41) is 1.61. The number of nitrogens with zero attached hydrogens (tertiary/aromatic N) is 2. The van der Waals surface area contributed by atoms with Crippen LogP contribution in [0.1, 0.15) is 32.2 Å². The smallest absolute Gasteiger partial charge is 0.147 e. The van der Waals surface area contributed by atoms with E-state index in [1.165, 1.54) is 0 Å². The number of nitrogens with one attached hydrogen (secondary N) is 1. The molecule has 2 rings (SSSR count). The number of hydrogen-bond donors (Lipinski definition) is 2. The van der Waals surface area contributed by atoms with Crippen molar-refractivity contribution in [3.05, 3.63) is 40.7 Å².